The molecular formula is C13H21N5. The van der Waals surface area contributed by atoms with Crippen molar-refractivity contribution in [2.75, 3.05) is 25.0 Å². The lowest BCUT2D eigenvalue weighted by Crippen LogP contribution is -2.50. The van der Waals surface area contributed by atoms with E-state index in [0.29, 0.717) is 5.56 Å². The highest BCUT2D eigenvalue weighted by atomic mass is 15.4. The Bertz CT molecular complexity index is 474. The molecule has 1 aliphatic heterocycles. The SMILES string of the molecule is CNC1(C)CCN(c2c(C#N)c(C)nn2C)CC1. The number of nitriles is 1. The minimum Gasteiger partial charge on any atom is -0.356 e. The van der Waals surface area contributed by atoms with E-state index in [1.54, 1.807) is 0 Å². The molecule has 2 heterocycles. The zero-order chi connectivity index (χ0) is 13.3. The largest absolute Gasteiger partial charge is 0.356 e. The van der Waals surface area contributed by atoms with E-state index in [1.165, 1.54) is 0 Å². The summed E-state index contributed by atoms with van der Waals surface area (Å²) in [5.41, 5.74) is 1.75. The average Bonchev–Trinajstić information content (AvgIpc) is 2.65. The van der Waals surface area contributed by atoms with Crippen molar-refractivity contribution in [3.05, 3.63) is 11.3 Å². The van der Waals surface area contributed by atoms with Crippen LogP contribution in [0, 0.1) is 18.3 Å². The van der Waals surface area contributed by atoms with Gasteiger partial charge in [0.15, 0.2) is 0 Å². The molecule has 1 aromatic heterocycles. The van der Waals surface area contributed by atoms with Crippen molar-refractivity contribution in [1.82, 2.24) is 15.1 Å². The van der Waals surface area contributed by atoms with E-state index in [4.69, 9.17) is 0 Å². The fraction of sp³-hybridized carbons (Fsp3) is 0.692. The van der Waals surface area contributed by atoms with Gasteiger partial charge in [-0.3, -0.25) is 4.68 Å². The maximum atomic E-state index is 9.25. The van der Waals surface area contributed by atoms with Gasteiger partial charge in [0, 0.05) is 25.7 Å². The summed E-state index contributed by atoms with van der Waals surface area (Å²) in [6.45, 7) is 6.07. The van der Waals surface area contributed by atoms with E-state index in [0.717, 1.165) is 37.4 Å². The number of rotatable bonds is 2. The Morgan fingerprint density at radius 3 is 2.50 bits per heavy atom. The quantitative estimate of drug-likeness (QED) is 0.852. The summed E-state index contributed by atoms with van der Waals surface area (Å²) in [5.74, 6) is 0.966. The van der Waals surface area contributed by atoms with Crippen LogP contribution in [0.2, 0.25) is 0 Å². The van der Waals surface area contributed by atoms with Gasteiger partial charge < -0.3 is 10.2 Å². The molecule has 1 N–H and O–H groups in total. The first-order valence-corrected chi connectivity index (χ1v) is 6.38. The Hall–Kier alpha value is -1.54. The highest BCUT2D eigenvalue weighted by Gasteiger charge is 2.30. The third kappa shape index (κ3) is 2.08. The molecule has 0 aromatic carbocycles. The maximum absolute atomic E-state index is 9.25. The van der Waals surface area contributed by atoms with Gasteiger partial charge >= 0.3 is 0 Å². The van der Waals surface area contributed by atoms with E-state index in [2.05, 4.69) is 28.3 Å². The third-order valence-electron chi connectivity index (χ3n) is 4.07. The van der Waals surface area contributed by atoms with Crippen LogP contribution in [-0.2, 0) is 7.05 Å². The molecule has 0 saturated carbocycles. The summed E-state index contributed by atoms with van der Waals surface area (Å²) in [6, 6.07) is 2.28. The Morgan fingerprint density at radius 1 is 1.39 bits per heavy atom. The molecule has 0 unspecified atom stereocenters. The number of aromatic nitrogens is 2. The smallest absolute Gasteiger partial charge is 0.144 e. The Balaban J connectivity index is 2.23. The van der Waals surface area contributed by atoms with Crippen molar-refractivity contribution in [3.8, 4) is 6.07 Å². The molecule has 1 aromatic rings. The Labute approximate surface area is 108 Å². The molecule has 0 radical (unpaired) electrons. The molecule has 18 heavy (non-hydrogen) atoms. The van der Waals surface area contributed by atoms with Crippen molar-refractivity contribution in [1.29, 1.82) is 5.26 Å². The van der Waals surface area contributed by atoms with Crippen molar-refractivity contribution < 1.29 is 0 Å². The molecule has 5 nitrogen and oxygen atoms in total. The lowest BCUT2D eigenvalue weighted by Gasteiger charge is -2.40. The topological polar surface area (TPSA) is 56.9 Å². The molecule has 1 aliphatic rings. The zero-order valence-corrected chi connectivity index (χ0v) is 11.6. The van der Waals surface area contributed by atoms with Gasteiger partial charge in [-0.05, 0) is 33.7 Å². The molecular weight excluding hydrogens is 226 g/mol. The van der Waals surface area contributed by atoms with Crippen LogP contribution in [0.25, 0.3) is 0 Å². The molecule has 2 rings (SSSR count). The van der Waals surface area contributed by atoms with Gasteiger partial charge in [0.25, 0.3) is 0 Å². The van der Waals surface area contributed by atoms with E-state index in [1.807, 2.05) is 25.7 Å². The summed E-state index contributed by atoms with van der Waals surface area (Å²) < 4.78 is 1.83. The monoisotopic (exact) mass is 247 g/mol. The van der Waals surface area contributed by atoms with Crippen molar-refractivity contribution in [2.24, 2.45) is 7.05 Å². The van der Waals surface area contributed by atoms with Crippen LogP contribution < -0.4 is 10.2 Å². The van der Waals surface area contributed by atoms with Crippen LogP contribution in [0.4, 0.5) is 5.82 Å². The number of nitrogens with one attached hydrogen (secondary N) is 1. The van der Waals surface area contributed by atoms with Crippen molar-refractivity contribution >= 4 is 5.82 Å². The van der Waals surface area contributed by atoms with E-state index in [-0.39, 0.29) is 5.54 Å². The predicted octanol–water partition coefficient (Wildman–Crippen LogP) is 1.18. The zero-order valence-electron chi connectivity index (χ0n) is 11.6. The van der Waals surface area contributed by atoms with Crippen LogP contribution >= 0.6 is 0 Å². The normalized spacial score (nSPS) is 18.7. The molecule has 0 atom stereocenters. The van der Waals surface area contributed by atoms with Crippen LogP contribution in [0.5, 0.6) is 0 Å². The summed E-state index contributed by atoms with van der Waals surface area (Å²) in [6.07, 6.45) is 2.16. The second-order valence-electron chi connectivity index (χ2n) is 5.32. The summed E-state index contributed by atoms with van der Waals surface area (Å²) in [4.78, 5) is 2.28. The molecule has 0 spiro atoms. The van der Waals surface area contributed by atoms with Gasteiger partial charge in [-0.25, -0.2) is 0 Å². The summed E-state index contributed by atoms with van der Waals surface area (Å²) >= 11 is 0. The second-order valence-corrected chi connectivity index (χ2v) is 5.32. The molecule has 0 amide bonds. The predicted molar refractivity (Wildman–Crippen MR) is 71.6 cm³/mol. The van der Waals surface area contributed by atoms with Gasteiger partial charge in [-0.15, -0.1) is 0 Å². The third-order valence-corrected chi connectivity index (χ3v) is 4.07. The minimum absolute atomic E-state index is 0.219. The Kier molecular flexibility index (Phi) is 3.31. The van der Waals surface area contributed by atoms with E-state index < -0.39 is 0 Å². The van der Waals surface area contributed by atoms with Crippen LogP contribution in [0.15, 0.2) is 0 Å². The molecule has 98 valence electrons. The summed E-state index contributed by atoms with van der Waals surface area (Å²) in [7, 11) is 3.93. The van der Waals surface area contributed by atoms with Gasteiger partial charge in [0.2, 0.25) is 0 Å². The van der Waals surface area contributed by atoms with Gasteiger partial charge in [-0.2, -0.15) is 10.4 Å². The number of hydrogen-bond acceptors (Lipinski definition) is 4. The number of aryl methyl sites for hydroxylation is 2. The lowest BCUT2D eigenvalue weighted by atomic mass is 9.90. The molecule has 1 fully saturated rings. The van der Waals surface area contributed by atoms with Crippen LogP contribution in [-0.4, -0.2) is 35.5 Å². The van der Waals surface area contributed by atoms with Gasteiger partial charge in [-0.1, -0.05) is 0 Å². The molecule has 5 heteroatoms. The van der Waals surface area contributed by atoms with Gasteiger partial charge in [0.1, 0.15) is 17.5 Å². The first-order valence-electron chi connectivity index (χ1n) is 6.38. The first kappa shape index (κ1) is 12.9. The number of piperidine rings is 1. The Morgan fingerprint density at radius 2 is 2.00 bits per heavy atom. The van der Waals surface area contributed by atoms with E-state index >= 15 is 0 Å². The fourth-order valence-corrected chi connectivity index (χ4v) is 2.60. The fourth-order valence-electron chi connectivity index (χ4n) is 2.60. The molecule has 0 bridgehead atoms. The standard InChI is InChI=1S/C13H21N5/c1-10-11(9-14)12(17(4)16-10)18-7-5-13(2,15-3)6-8-18/h15H,5-8H2,1-4H3. The minimum atomic E-state index is 0.219. The number of hydrogen-bond donors (Lipinski definition) is 1. The number of anilines is 1. The second kappa shape index (κ2) is 4.62. The average molecular weight is 247 g/mol. The van der Waals surface area contributed by atoms with Crippen molar-refractivity contribution in [3.63, 3.8) is 0 Å². The number of nitrogens with zero attached hydrogens (tertiary/aromatic N) is 4. The highest BCUT2D eigenvalue weighted by Crippen LogP contribution is 2.28. The van der Waals surface area contributed by atoms with Crippen LogP contribution in [0.3, 0.4) is 0 Å². The van der Waals surface area contributed by atoms with Gasteiger partial charge in [0.05, 0.1) is 5.69 Å². The molecule has 1 saturated heterocycles. The molecule has 0 aliphatic carbocycles. The van der Waals surface area contributed by atoms with Crippen molar-refractivity contribution in [2.45, 2.75) is 32.2 Å². The van der Waals surface area contributed by atoms with Crippen LogP contribution in [0.1, 0.15) is 31.0 Å². The highest BCUT2D eigenvalue weighted by molar-refractivity contribution is 5.57. The lowest BCUT2D eigenvalue weighted by molar-refractivity contribution is 0.303. The maximum Gasteiger partial charge on any atom is 0.144 e. The first-order chi connectivity index (χ1) is 8.50. The summed E-state index contributed by atoms with van der Waals surface area (Å²) in [5, 5.41) is 17.0. The van der Waals surface area contributed by atoms with E-state index in [9.17, 15) is 5.26 Å².